The predicted molar refractivity (Wildman–Crippen MR) is 86.2 cm³/mol. The van der Waals surface area contributed by atoms with Crippen molar-refractivity contribution in [3.05, 3.63) is 23.5 Å². The van der Waals surface area contributed by atoms with Crippen LogP contribution in [0.2, 0.25) is 0 Å². The van der Waals surface area contributed by atoms with Crippen molar-refractivity contribution < 1.29 is 24.0 Å². The van der Waals surface area contributed by atoms with Crippen molar-refractivity contribution in [1.82, 2.24) is 0 Å². The number of anilines is 1. The molecule has 0 radical (unpaired) electrons. The molecule has 3 N–H and O–H groups in total. The van der Waals surface area contributed by atoms with Gasteiger partial charge in [-0.15, -0.1) is 11.3 Å². The highest BCUT2D eigenvalue weighted by Crippen LogP contribution is 2.36. The molecule has 6 nitrogen and oxygen atoms in total. The molecule has 0 spiro atoms. The number of hydrogen-bond donors (Lipinski definition) is 3. The third-order valence-electron chi connectivity index (χ3n) is 2.83. The molecular formula is C14H14BFN2O4S. The van der Waals surface area contributed by atoms with Gasteiger partial charge in [-0.2, -0.15) is 5.26 Å². The van der Waals surface area contributed by atoms with Crippen LogP contribution in [0.4, 0.5) is 14.2 Å². The van der Waals surface area contributed by atoms with Gasteiger partial charge in [0.25, 0.3) is 0 Å². The summed E-state index contributed by atoms with van der Waals surface area (Å²) < 4.78 is 19.1. The van der Waals surface area contributed by atoms with Gasteiger partial charge in [0.15, 0.2) is 0 Å². The Hall–Kier alpha value is -2.15. The molecule has 0 unspecified atom stereocenters. The second-order valence-corrected chi connectivity index (χ2v) is 6.78. The fraction of sp³-hybridized carbons (Fsp3) is 0.286. The fourth-order valence-electron chi connectivity index (χ4n) is 2.00. The summed E-state index contributed by atoms with van der Waals surface area (Å²) in [7, 11) is -1.87. The molecule has 2 aromatic rings. The first-order chi connectivity index (χ1) is 10.6. The van der Waals surface area contributed by atoms with Gasteiger partial charge in [-0.1, -0.05) is 6.07 Å². The summed E-state index contributed by atoms with van der Waals surface area (Å²) >= 11 is 0.829. The Balaban J connectivity index is 2.54. The molecule has 0 aliphatic carbocycles. The number of rotatable bonds is 2. The molecule has 9 heteroatoms. The zero-order valence-electron chi connectivity index (χ0n) is 12.7. The van der Waals surface area contributed by atoms with E-state index in [0.717, 1.165) is 17.4 Å². The van der Waals surface area contributed by atoms with Crippen molar-refractivity contribution in [2.24, 2.45) is 0 Å². The number of carbonyl (C=O) groups is 1. The molecule has 1 aromatic heterocycles. The summed E-state index contributed by atoms with van der Waals surface area (Å²) in [5.74, 6) is -0.622. The molecule has 1 amide bonds. The first-order valence-corrected chi connectivity index (χ1v) is 7.47. The molecule has 1 heterocycles. The van der Waals surface area contributed by atoms with Gasteiger partial charge >= 0.3 is 13.2 Å². The number of fused-ring (bicyclic) bond motifs is 1. The van der Waals surface area contributed by atoms with E-state index in [9.17, 15) is 24.5 Å². The quantitative estimate of drug-likeness (QED) is 0.728. The number of benzene rings is 1. The number of thiophene rings is 1. The van der Waals surface area contributed by atoms with Crippen molar-refractivity contribution >= 4 is 45.1 Å². The molecule has 120 valence electrons. The summed E-state index contributed by atoms with van der Waals surface area (Å²) in [6, 6.07) is 4.12. The molecule has 0 bridgehead atoms. The van der Waals surface area contributed by atoms with E-state index in [4.69, 9.17) is 4.74 Å². The van der Waals surface area contributed by atoms with Crippen LogP contribution in [0.25, 0.3) is 10.1 Å². The normalized spacial score (nSPS) is 11.2. The Morgan fingerprint density at radius 3 is 2.61 bits per heavy atom. The number of nitriles is 1. The van der Waals surface area contributed by atoms with Gasteiger partial charge in [0.1, 0.15) is 22.5 Å². The maximum atomic E-state index is 14.0. The van der Waals surface area contributed by atoms with Gasteiger partial charge in [-0.05, 0) is 32.3 Å². The number of ether oxygens (including phenoxy) is 1. The molecule has 1 aromatic carbocycles. The van der Waals surface area contributed by atoms with Gasteiger partial charge in [0.2, 0.25) is 0 Å². The first-order valence-electron chi connectivity index (χ1n) is 6.65. The molecule has 0 fully saturated rings. The number of halogens is 1. The molecule has 0 atom stereocenters. The summed E-state index contributed by atoms with van der Waals surface area (Å²) in [6.45, 7) is 5.05. The van der Waals surface area contributed by atoms with E-state index in [-0.39, 0.29) is 26.1 Å². The first kappa shape index (κ1) is 17.2. The minimum absolute atomic E-state index is 0.00793. The molecule has 23 heavy (non-hydrogen) atoms. The lowest BCUT2D eigenvalue weighted by atomic mass is 9.77. The van der Waals surface area contributed by atoms with Gasteiger partial charge in [-0.25, -0.2) is 9.18 Å². The van der Waals surface area contributed by atoms with Crippen LogP contribution in [0, 0.1) is 17.1 Å². The number of amides is 1. The zero-order chi connectivity index (χ0) is 17.4. The van der Waals surface area contributed by atoms with E-state index >= 15 is 0 Å². The average molecular weight is 336 g/mol. The minimum atomic E-state index is -1.87. The monoisotopic (exact) mass is 336 g/mol. The van der Waals surface area contributed by atoms with E-state index in [1.807, 2.05) is 6.07 Å². The van der Waals surface area contributed by atoms with Crippen molar-refractivity contribution in [2.45, 2.75) is 26.4 Å². The van der Waals surface area contributed by atoms with Gasteiger partial charge in [0, 0.05) is 5.39 Å². The second-order valence-electron chi connectivity index (χ2n) is 5.76. The summed E-state index contributed by atoms with van der Waals surface area (Å²) in [5, 5.41) is 30.7. The van der Waals surface area contributed by atoms with Crippen LogP contribution in [-0.4, -0.2) is 28.9 Å². The molecule has 0 aliphatic heterocycles. The molecule has 0 aliphatic rings. The SMILES string of the molecule is CC(C)(C)OC(=O)Nc1sc2c(F)ccc(B(O)O)c2c1C#N. The maximum absolute atomic E-state index is 14.0. The van der Waals surface area contributed by atoms with E-state index in [0.29, 0.717) is 0 Å². The molecule has 2 rings (SSSR count). The number of carbonyl (C=O) groups excluding carboxylic acids is 1. The lowest BCUT2D eigenvalue weighted by molar-refractivity contribution is 0.0636. The smallest absolute Gasteiger partial charge is 0.444 e. The van der Waals surface area contributed by atoms with Crippen molar-refractivity contribution in [1.29, 1.82) is 5.26 Å². The van der Waals surface area contributed by atoms with Crippen molar-refractivity contribution in [2.75, 3.05) is 5.32 Å². The Kier molecular flexibility index (Phi) is 4.61. The zero-order valence-corrected chi connectivity index (χ0v) is 13.5. The summed E-state index contributed by atoms with van der Waals surface area (Å²) in [4.78, 5) is 11.8. The Morgan fingerprint density at radius 1 is 1.43 bits per heavy atom. The number of nitrogens with zero attached hydrogens (tertiary/aromatic N) is 1. The minimum Gasteiger partial charge on any atom is -0.444 e. The largest absolute Gasteiger partial charge is 0.489 e. The van der Waals surface area contributed by atoms with Crippen LogP contribution in [-0.2, 0) is 4.74 Å². The molecule has 0 saturated carbocycles. The van der Waals surface area contributed by atoms with E-state index in [1.165, 1.54) is 6.07 Å². The van der Waals surface area contributed by atoms with Crippen LogP contribution < -0.4 is 10.8 Å². The maximum Gasteiger partial charge on any atom is 0.489 e. The summed E-state index contributed by atoms with van der Waals surface area (Å²) in [6.07, 6.45) is -0.785. The van der Waals surface area contributed by atoms with Crippen LogP contribution in [0.1, 0.15) is 26.3 Å². The lowest BCUT2D eigenvalue weighted by Crippen LogP contribution is -2.30. The van der Waals surface area contributed by atoms with E-state index in [2.05, 4.69) is 5.32 Å². The summed E-state index contributed by atoms with van der Waals surface area (Å²) in [5.41, 5.74) is -0.782. The van der Waals surface area contributed by atoms with Crippen LogP contribution >= 0.6 is 11.3 Å². The number of hydrogen-bond acceptors (Lipinski definition) is 6. The van der Waals surface area contributed by atoms with E-state index < -0.39 is 24.6 Å². The molecular weight excluding hydrogens is 322 g/mol. The van der Waals surface area contributed by atoms with Gasteiger partial charge in [-0.3, -0.25) is 5.32 Å². The topological polar surface area (TPSA) is 103 Å². The van der Waals surface area contributed by atoms with Gasteiger partial charge in [0.05, 0.1) is 10.3 Å². The van der Waals surface area contributed by atoms with Crippen molar-refractivity contribution in [3.63, 3.8) is 0 Å². The number of nitrogens with one attached hydrogen (secondary N) is 1. The standard InChI is InChI=1S/C14H14BFN2O4S/c1-14(2,3)22-13(19)18-12-7(6-17)10-8(15(20)21)4-5-9(16)11(10)23-12/h4-5,20-21H,1-3H3,(H,18,19). The Labute approximate surface area is 136 Å². The predicted octanol–water partition coefficient (Wildman–Crippen LogP) is 1.94. The highest BCUT2D eigenvalue weighted by atomic mass is 32.1. The second kappa shape index (κ2) is 6.16. The van der Waals surface area contributed by atoms with Crippen LogP contribution in [0.5, 0.6) is 0 Å². The molecule has 0 saturated heterocycles. The Bertz CT molecular complexity index is 808. The Morgan fingerprint density at radius 2 is 2.09 bits per heavy atom. The van der Waals surface area contributed by atoms with E-state index in [1.54, 1.807) is 20.8 Å². The third-order valence-corrected chi connectivity index (χ3v) is 3.94. The average Bonchev–Trinajstić information content (AvgIpc) is 2.75. The van der Waals surface area contributed by atoms with Crippen LogP contribution in [0.15, 0.2) is 12.1 Å². The third kappa shape index (κ3) is 3.61. The van der Waals surface area contributed by atoms with Crippen LogP contribution in [0.3, 0.4) is 0 Å². The lowest BCUT2D eigenvalue weighted by Gasteiger charge is -2.19. The highest BCUT2D eigenvalue weighted by Gasteiger charge is 2.25. The fourth-order valence-corrected chi connectivity index (χ4v) is 3.08. The van der Waals surface area contributed by atoms with Crippen molar-refractivity contribution in [3.8, 4) is 6.07 Å². The highest BCUT2D eigenvalue weighted by molar-refractivity contribution is 7.23. The van der Waals surface area contributed by atoms with Gasteiger partial charge < -0.3 is 14.8 Å².